The minimum Gasteiger partial charge on any atom is -0.494 e. The molecule has 33 heavy (non-hydrogen) atoms. The highest BCUT2D eigenvalue weighted by Crippen LogP contribution is 2.27. The number of ketones is 1. The van der Waals surface area contributed by atoms with Crippen LogP contribution in [0.4, 0.5) is 0 Å². The number of carbonyl (C=O) groups excluding carboxylic acids is 1. The topological polar surface area (TPSA) is 52.3 Å². The van der Waals surface area contributed by atoms with E-state index in [0.29, 0.717) is 35.1 Å². The molecule has 168 valence electrons. The predicted octanol–water partition coefficient (Wildman–Crippen LogP) is 7.55. The van der Waals surface area contributed by atoms with Crippen LogP contribution < -0.4 is 4.74 Å². The number of Topliss-reactive ketones (excluding diaryl/α,β-unsaturated/α-hetero) is 1. The van der Waals surface area contributed by atoms with Crippen LogP contribution in [-0.2, 0) is 0 Å². The Bertz CT molecular complexity index is 1220. The molecule has 0 radical (unpaired) electrons. The molecule has 0 aliphatic heterocycles. The molecule has 0 saturated carbocycles. The number of unbranched alkanes of at least 4 members (excludes halogenated alkanes) is 1. The molecular weight excluding hydrogens is 410 g/mol. The van der Waals surface area contributed by atoms with Crippen LogP contribution in [0.1, 0.15) is 66.9 Å². The quantitative estimate of drug-likeness (QED) is 0.153. The molecule has 0 saturated heterocycles. The summed E-state index contributed by atoms with van der Waals surface area (Å²) in [6.45, 7) is 7.12. The maximum Gasteiger partial charge on any atom is 0.231 e. The number of hydrogen-bond donors (Lipinski definition) is 0. The Morgan fingerprint density at radius 1 is 1.00 bits per heavy atom. The van der Waals surface area contributed by atoms with Crippen LogP contribution in [0.5, 0.6) is 5.75 Å². The van der Waals surface area contributed by atoms with Gasteiger partial charge < -0.3 is 9.15 Å². The second-order valence-electron chi connectivity index (χ2n) is 8.42. The molecule has 4 nitrogen and oxygen atoms in total. The van der Waals surface area contributed by atoms with Crippen LogP contribution in [0, 0.1) is 0 Å². The number of ether oxygens (including phenoxy) is 1. The second-order valence-corrected chi connectivity index (χ2v) is 8.42. The number of carbonyl (C=O) groups is 1. The highest BCUT2D eigenvalue weighted by molar-refractivity contribution is 6.31. The maximum atomic E-state index is 13.6. The first-order valence-corrected chi connectivity index (χ1v) is 11.5. The highest BCUT2D eigenvalue weighted by Gasteiger charge is 2.20. The van der Waals surface area contributed by atoms with E-state index in [0.717, 1.165) is 29.7 Å². The fourth-order valence-electron chi connectivity index (χ4n) is 3.55. The molecule has 3 aromatic carbocycles. The first-order valence-electron chi connectivity index (χ1n) is 11.5. The Morgan fingerprint density at radius 2 is 1.73 bits per heavy atom. The van der Waals surface area contributed by atoms with Crippen LogP contribution >= 0.6 is 0 Å². The van der Waals surface area contributed by atoms with Gasteiger partial charge in [0.15, 0.2) is 11.4 Å². The van der Waals surface area contributed by atoms with Crippen molar-refractivity contribution in [2.45, 2.75) is 39.5 Å². The van der Waals surface area contributed by atoms with Crippen molar-refractivity contribution in [1.82, 2.24) is 4.98 Å². The predicted molar refractivity (Wildman–Crippen MR) is 134 cm³/mol. The van der Waals surface area contributed by atoms with Crippen molar-refractivity contribution in [1.29, 1.82) is 0 Å². The van der Waals surface area contributed by atoms with Gasteiger partial charge in [0.05, 0.1) is 12.2 Å². The van der Waals surface area contributed by atoms with Crippen molar-refractivity contribution < 1.29 is 13.9 Å². The molecule has 0 fully saturated rings. The standard InChI is InChI=1S/C29H29NO3/c1-4-5-18-32-24-16-14-23(15-17-24)28(31)25(19-21-10-12-22(13-11-21)20(2)3)29-30-26-8-6-7-9-27(26)33-29/h6-17,19-20H,4-5,18H2,1-3H3/b25-19-. The summed E-state index contributed by atoms with van der Waals surface area (Å²) in [5, 5.41) is 0. The van der Waals surface area contributed by atoms with Gasteiger partial charge in [-0.2, -0.15) is 0 Å². The Morgan fingerprint density at radius 3 is 2.39 bits per heavy atom. The fourth-order valence-corrected chi connectivity index (χ4v) is 3.55. The third-order valence-electron chi connectivity index (χ3n) is 5.57. The van der Waals surface area contributed by atoms with Crippen molar-refractivity contribution in [3.8, 4) is 5.75 Å². The lowest BCUT2D eigenvalue weighted by Gasteiger charge is -2.08. The third kappa shape index (κ3) is 5.40. The van der Waals surface area contributed by atoms with Crippen LogP contribution in [0.2, 0.25) is 0 Å². The number of nitrogens with zero attached hydrogens (tertiary/aromatic N) is 1. The average molecular weight is 440 g/mol. The Hall–Kier alpha value is -3.66. The highest BCUT2D eigenvalue weighted by atomic mass is 16.5. The summed E-state index contributed by atoms with van der Waals surface area (Å²) < 4.78 is 11.7. The number of rotatable bonds is 9. The molecule has 4 aromatic rings. The molecule has 1 aromatic heterocycles. The van der Waals surface area contributed by atoms with Crippen LogP contribution in [-0.4, -0.2) is 17.4 Å². The Balaban J connectivity index is 1.69. The molecule has 0 aliphatic carbocycles. The number of allylic oxidation sites excluding steroid dienone is 1. The molecule has 0 bridgehead atoms. The van der Waals surface area contributed by atoms with Crippen molar-refractivity contribution in [3.05, 3.63) is 95.4 Å². The summed E-state index contributed by atoms with van der Waals surface area (Å²) >= 11 is 0. The van der Waals surface area contributed by atoms with Gasteiger partial charge in [-0.1, -0.05) is 63.6 Å². The molecular formula is C29H29NO3. The van der Waals surface area contributed by atoms with Crippen LogP contribution in [0.3, 0.4) is 0 Å². The molecule has 4 rings (SSSR count). The van der Waals surface area contributed by atoms with Gasteiger partial charge in [0, 0.05) is 5.56 Å². The van der Waals surface area contributed by atoms with Crippen molar-refractivity contribution >= 4 is 28.5 Å². The third-order valence-corrected chi connectivity index (χ3v) is 5.57. The lowest BCUT2D eigenvalue weighted by molar-refractivity contribution is 0.105. The molecule has 1 heterocycles. The van der Waals surface area contributed by atoms with E-state index in [1.165, 1.54) is 5.56 Å². The van der Waals surface area contributed by atoms with Gasteiger partial charge in [-0.05, 0) is 65.9 Å². The van der Waals surface area contributed by atoms with Gasteiger partial charge in [0.25, 0.3) is 0 Å². The smallest absolute Gasteiger partial charge is 0.231 e. The fraction of sp³-hybridized carbons (Fsp3) is 0.241. The van der Waals surface area contributed by atoms with Crippen LogP contribution in [0.15, 0.2) is 77.2 Å². The number of para-hydroxylation sites is 2. The van der Waals surface area contributed by atoms with E-state index in [1.807, 2.05) is 54.6 Å². The summed E-state index contributed by atoms with van der Waals surface area (Å²) in [4.78, 5) is 18.2. The monoisotopic (exact) mass is 439 g/mol. The van der Waals surface area contributed by atoms with E-state index >= 15 is 0 Å². The molecule has 4 heteroatoms. The van der Waals surface area contributed by atoms with Gasteiger partial charge in [0.1, 0.15) is 11.3 Å². The van der Waals surface area contributed by atoms with E-state index < -0.39 is 0 Å². The first kappa shape index (κ1) is 22.5. The van der Waals surface area contributed by atoms with Gasteiger partial charge in [-0.3, -0.25) is 4.79 Å². The van der Waals surface area contributed by atoms with E-state index in [1.54, 1.807) is 12.1 Å². The van der Waals surface area contributed by atoms with Crippen molar-refractivity contribution in [2.75, 3.05) is 6.61 Å². The minimum atomic E-state index is -0.144. The SMILES string of the molecule is CCCCOc1ccc(C(=O)/C(=C/c2ccc(C(C)C)cc2)c2nc3ccccc3o2)cc1. The normalized spacial score (nSPS) is 11.8. The summed E-state index contributed by atoms with van der Waals surface area (Å²) in [6.07, 6.45) is 3.93. The van der Waals surface area contributed by atoms with Crippen LogP contribution in [0.25, 0.3) is 22.7 Å². The number of benzene rings is 3. The number of hydrogen-bond acceptors (Lipinski definition) is 4. The average Bonchev–Trinajstić information content (AvgIpc) is 3.27. The maximum absolute atomic E-state index is 13.6. The van der Waals surface area contributed by atoms with E-state index in [4.69, 9.17) is 9.15 Å². The molecule has 0 amide bonds. The first-order chi connectivity index (χ1) is 16.0. The molecule has 0 atom stereocenters. The minimum absolute atomic E-state index is 0.144. The number of aromatic nitrogens is 1. The zero-order valence-corrected chi connectivity index (χ0v) is 19.4. The van der Waals surface area contributed by atoms with Gasteiger partial charge in [-0.25, -0.2) is 4.98 Å². The lowest BCUT2D eigenvalue weighted by Crippen LogP contribution is -2.04. The zero-order chi connectivity index (χ0) is 23.2. The molecule has 0 aliphatic rings. The van der Waals surface area contributed by atoms with E-state index in [-0.39, 0.29) is 5.78 Å². The second kappa shape index (κ2) is 10.3. The zero-order valence-electron chi connectivity index (χ0n) is 19.4. The molecule has 0 N–H and O–H groups in total. The lowest BCUT2D eigenvalue weighted by atomic mass is 9.98. The summed E-state index contributed by atoms with van der Waals surface area (Å²) in [6, 6.07) is 23.0. The molecule has 0 unspecified atom stereocenters. The number of fused-ring (bicyclic) bond motifs is 1. The number of oxazole rings is 1. The summed E-state index contributed by atoms with van der Waals surface area (Å²) in [7, 11) is 0. The summed E-state index contributed by atoms with van der Waals surface area (Å²) in [5.74, 6) is 1.38. The summed E-state index contributed by atoms with van der Waals surface area (Å²) in [5.41, 5.74) is 4.53. The van der Waals surface area contributed by atoms with Crippen molar-refractivity contribution in [3.63, 3.8) is 0 Å². The molecule has 0 spiro atoms. The largest absolute Gasteiger partial charge is 0.494 e. The van der Waals surface area contributed by atoms with Gasteiger partial charge >= 0.3 is 0 Å². The van der Waals surface area contributed by atoms with Gasteiger partial charge in [-0.15, -0.1) is 0 Å². The van der Waals surface area contributed by atoms with E-state index in [9.17, 15) is 4.79 Å². The Kier molecular flexibility index (Phi) is 7.04. The Labute approximate surface area is 194 Å². The van der Waals surface area contributed by atoms with Gasteiger partial charge in [0.2, 0.25) is 5.89 Å². The van der Waals surface area contributed by atoms with E-state index in [2.05, 4.69) is 37.9 Å². The van der Waals surface area contributed by atoms with Crippen molar-refractivity contribution in [2.24, 2.45) is 0 Å².